The van der Waals surface area contributed by atoms with Gasteiger partial charge in [-0.05, 0) is 30.2 Å². The van der Waals surface area contributed by atoms with Crippen LogP contribution in [0.25, 0.3) is 0 Å². The fraction of sp³-hybridized carbons (Fsp3) is 0.381. The fourth-order valence-corrected chi connectivity index (χ4v) is 3.71. The quantitative estimate of drug-likeness (QED) is 0.548. The maximum absolute atomic E-state index is 11.9. The number of sulfonamides is 1. The van der Waals surface area contributed by atoms with Crippen LogP contribution >= 0.6 is 11.8 Å². The Morgan fingerprint density at radius 3 is 2.52 bits per heavy atom. The highest BCUT2D eigenvalue weighted by atomic mass is 32.2. The van der Waals surface area contributed by atoms with Gasteiger partial charge in [0, 0.05) is 31.6 Å². The third kappa shape index (κ3) is 8.89. The second-order valence-corrected chi connectivity index (χ2v) is 10.0. The Bertz CT molecular complexity index is 899. The van der Waals surface area contributed by atoms with Gasteiger partial charge in [0.05, 0.1) is 6.26 Å². The van der Waals surface area contributed by atoms with Crippen molar-refractivity contribution in [2.45, 2.75) is 19.2 Å². The summed E-state index contributed by atoms with van der Waals surface area (Å²) in [7, 11) is -1.69. The van der Waals surface area contributed by atoms with Crippen LogP contribution in [0.15, 0.2) is 48.5 Å². The van der Waals surface area contributed by atoms with Gasteiger partial charge in [-0.25, -0.2) is 12.7 Å². The number of hydrogen-bond acceptors (Lipinski definition) is 5. The summed E-state index contributed by atoms with van der Waals surface area (Å²) in [6.45, 7) is 2.91. The van der Waals surface area contributed by atoms with Crippen molar-refractivity contribution in [2.75, 3.05) is 32.2 Å². The molecule has 1 N–H and O–H groups in total. The molecule has 2 aromatic carbocycles. The molecule has 0 saturated heterocycles. The summed E-state index contributed by atoms with van der Waals surface area (Å²) < 4.78 is 29.7. The Morgan fingerprint density at radius 1 is 1.14 bits per heavy atom. The third-order valence-corrected chi connectivity index (χ3v) is 6.48. The molecule has 1 amide bonds. The highest BCUT2D eigenvalue weighted by molar-refractivity contribution is 7.98. The number of aryl methyl sites for hydroxylation is 1. The summed E-state index contributed by atoms with van der Waals surface area (Å²) in [5.74, 6) is 2.17. The van der Waals surface area contributed by atoms with Crippen molar-refractivity contribution in [3.63, 3.8) is 0 Å². The SMILES string of the molecule is Cc1cccc(CSCCNC(=O)COc2ccc(CN(C)S(C)(=O)=O)cc2)c1. The average Bonchev–Trinajstić information content (AvgIpc) is 2.66. The monoisotopic (exact) mass is 436 g/mol. The zero-order valence-corrected chi connectivity index (χ0v) is 18.7. The van der Waals surface area contributed by atoms with E-state index in [-0.39, 0.29) is 12.5 Å². The summed E-state index contributed by atoms with van der Waals surface area (Å²) in [6.07, 6.45) is 1.17. The fourth-order valence-electron chi connectivity index (χ4n) is 2.52. The number of thioether (sulfide) groups is 1. The van der Waals surface area contributed by atoms with E-state index < -0.39 is 10.0 Å². The molecule has 6 nitrogen and oxygen atoms in total. The summed E-state index contributed by atoms with van der Waals surface area (Å²) in [5.41, 5.74) is 3.39. The van der Waals surface area contributed by atoms with Crippen molar-refractivity contribution in [3.8, 4) is 5.75 Å². The van der Waals surface area contributed by atoms with Crippen molar-refractivity contribution < 1.29 is 17.9 Å². The van der Waals surface area contributed by atoms with E-state index in [0.29, 0.717) is 18.8 Å². The number of carbonyl (C=O) groups is 1. The molecule has 0 atom stereocenters. The second-order valence-electron chi connectivity index (χ2n) is 6.84. The minimum atomic E-state index is -3.22. The maximum atomic E-state index is 11.9. The van der Waals surface area contributed by atoms with E-state index >= 15 is 0 Å². The van der Waals surface area contributed by atoms with Crippen molar-refractivity contribution in [2.24, 2.45) is 0 Å². The number of carbonyl (C=O) groups excluding carboxylic acids is 1. The van der Waals surface area contributed by atoms with E-state index in [4.69, 9.17) is 4.74 Å². The van der Waals surface area contributed by atoms with Gasteiger partial charge in [0.2, 0.25) is 10.0 Å². The maximum Gasteiger partial charge on any atom is 0.257 e. The standard InChI is InChI=1S/C21H28N2O4S2/c1-17-5-4-6-19(13-17)16-28-12-11-22-21(24)15-27-20-9-7-18(8-10-20)14-23(2)29(3,25)26/h4-10,13H,11-12,14-16H2,1-3H3,(H,22,24). The van der Waals surface area contributed by atoms with Crippen molar-refractivity contribution in [3.05, 3.63) is 65.2 Å². The molecule has 0 radical (unpaired) electrons. The topological polar surface area (TPSA) is 75.7 Å². The Labute approximate surface area is 177 Å². The molecule has 158 valence electrons. The first-order valence-corrected chi connectivity index (χ1v) is 12.3. The first-order valence-electron chi connectivity index (χ1n) is 9.27. The van der Waals surface area contributed by atoms with Crippen LogP contribution in [0.3, 0.4) is 0 Å². The Kier molecular flexibility index (Phi) is 9.00. The van der Waals surface area contributed by atoms with Gasteiger partial charge in [0.1, 0.15) is 5.75 Å². The smallest absolute Gasteiger partial charge is 0.257 e. The number of rotatable bonds is 11. The van der Waals surface area contributed by atoms with E-state index in [0.717, 1.165) is 17.1 Å². The molecule has 2 rings (SSSR count). The molecular weight excluding hydrogens is 408 g/mol. The molecule has 0 heterocycles. The van der Waals surface area contributed by atoms with E-state index in [1.165, 1.54) is 28.7 Å². The second kappa shape index (κ2) is 11.2. The number of benzene rings is 2. The van der Waals surface area contributed by atoms with Crippen molar-refractivity contribution in [1.82, 2.24) is 9.62 Å². The van der Waals surface area contributed by atoms with Crippen LogP contribution < -0.4 is 10.1 Å². The molecule has 0 unspecified atom stereocenters. The Morgan fingerprint density at radius 2 is 1.86 bits per heavy atom. The number of hydrogen-bond donors (Lipinski definition) is 1. The summed E-state index contributed by atoms with van der Waals surface area (Å²) in [6, 6.07) is 15.5. The highest BCUT2D eigenvalue weighted by Crippen LogP contribution is 2.15. The van der Waals surface area contributed by atoms with Gasteiger partial charge >= 0.3 is 0 Å². The molecule has 2 aromatic rings. The van der Waals surface area contributed by atoms with Gasteiger partial charge in [-0.15, -0.1) is 0 Å². The molecule has 8 heteroatoms. The summed E-state index contributed by atoms with van der Waals surface area (Å²) in [5, 5.41) is 2.85. The minimum absolute atomic E-state index is 0.0505. The van der Waals surface area contributed by atoms with E-state index in [9.17, 15) is 13.2 Å². The summed E-state index contributed by atoms with van der Waals surface area (Å²) >= 11 is 1.78. The average molecular weight is 437 g/mol. The molecular formula is C21H28N2O4S2. The van der Waals surface area contributed by atoms with Crippen molar-refractivity contribution >= 4 is 27.7 Å². The number of amides is 1. The lowest BCUT2D eigenvalue weighted by Crippen LogP contribution is -2.30. The van der Waals surface area contributed by atoms with Crippen LogP contribution in [0.1, 0.15) is 16.7 Å². The van der Waals surface area contributed by atoms with E-state index in [1.54, 1.807) is 36.0 Å². The van der Waals surface area contributed by atoms with Crippen LogP contribution in [-0.4, -0.2) is 50.8 Å². The first-order chi connectivity index (χ1) is 13.7. The molecule has 0 spiro atoms. The predicted octanol–water partition coefficient (Wildman–Crippen LogP) is 2.81. The van der Waals surface area contributed by atoms with Gasteiger partial charge in [0.25, 0.3) is 5.91 Å². The largest absolute Gasteiger partial charge is 0.484 e. The zero-order chi connectivity index (χ0) is 21.3. The molecule has 0 aromatic heterocycles. The highest BCUT2D eigenvalue weighted by Gasteiger charge is 2.11. The van der Waals surface area contributed by atoms with Crippen LogP contribution in [0.2, 0.25) is 0 Å². The van der Waals surface area contributed by atoms with Gasteiger partial charge < -0.3 is 10.1 Å². The van der Waals surface area contributed by atoms with Crippen LogP contribution in [0.4, 0.5) is 0 Å². The number of ether oxygens (including phenoxy) is 1. The predicted molar refractivity (Wildman–Crippen MR) is 119 cm³/mol. The number of nitrogens with one attached hydrogen (secondary N) is 1. The van der Waals surface area contributed by atoms with Crippen LogP contribution in [0, 0.1) is 6.92 Å². The molecule has 0 saturated carbocycles. The molecule has 0 fully saturated rings. The van der Waals surface area contributed by atoms with Gasteiger partial charge in [-0.2, -0.15) is 11.8 Å². The van der Waals surface area contributed by atoms with Crippen molar-refractivity contribution in [1.29, 1.82) is 0 Å². The number of nitrogens with zero attached hydrogens (tertiary/aromatic N) is 1. The molecule has 0 aliphatic carbocycles. The van der Waals surface area contributed by atoms with E-state index in [2.05, 4.69) is 36.5 Å². The normalized spacial score (nSPS) is 11.4. The molecule has 0 aliphatic rings. The lowest BCUT2D eigenvalue weighted by Gasteiger charge is -2.14. The molecule has 0 aliphatic heterocycles. The Balaban J connectivity index is 1.63. The minimum Gasteiger partial charge on any atom is -0.484 e. The van der Waals surface area contributed by atoms with Gasteiger partial charge in [0.15, 0.2) is 6.61 Å². The molecule has 29 heavy (non-hydrogen) atoms. The molecule has 0 bridgehead atoms. The zero-order valence-electron chi connectivity index (χ0n) is 17.1. The van der Waals surface area contributed by atoms with Gasteiger partial charge in [-0.3, -0.25) is 4.79 Å². The van der Waals surface area contributed by atoms with E-state index in [1.807, 2.05) is 0 Å². The van der Waals surface area contributed by atoms with Crippen LogP contribution in [0.5, 0.6) is 5.75 Å². The van der Waals surface area contributed by atoms with Crippen LogP contribution in [-0.2, 0) is 27.1 Å². The lowest BCUT2D eigenvalue weighted by atomic mass is 10.2. The first kappa shape index (κ1) is 23.3. The Hall–Kier alpha value is -2.03. The third-order valence-electron chi connectivity index (χ3n) is 4.18. The summed E-state index contributed by atoms with van der Waals surface area (Å²) in [4.78, 5) is 11.9. The van der Waals surface area contributed by atoms with Gasteiger partial charge in [-0.1, -0.05) is 42.0 Å². The lowest BCUT2D eigenvalue weighted by molar-refractivity contribution is -0.122.